The number of hydrogen-bond donors (Lipinski definition) is 0. The molecular weight excluding hydrogens is 132 g/mol. The van der Waals surface area contributed by atoms with E-state index in [1.54, 1.807) is 0 Å². The zero-order valence-corrected chi connectivity index (χ0v) is 6.04. The van der Waals surface area contributed by atoms with Gasteiger partial charge in [0.05, 0.1) is 19.3 Å². The Balaban J connectivity index is 1.76. The fourth-order valence-corrected chi connectivity index (χ4v) is 0.792. The third-order valence-corrected chi connectivity index (χ3v) is 1.53. The molecule has 1 atom stereocenters. The van der Waals surface area contributed by atoms with Crippen LogP contribution in [0, 0.1) is 0 Å². The van der Waals surface area contributed by atoms with Crippen LogP contribution >= 0.6 is 0 Å². The molecule has 1 saturated heterocycles. The van der Waals surface area contributed by atoms with Gasteiger partial charge in [0.2, 0.25) is 0 Å². The zero-order valence-electron chi connectivity index (χ0n) is 6.04. The van der Waals surface area contributed by atoms with E-state index in [0.717, 1.165) is 13.0 Å². The van der Waals surface area contributed by atoms with Crippen LogP contribution < -0.4 is 0 Å². The molecule has 0 spiro atoms. The summed E-state index contributed by atoms with van der Waals surface area (Å²) in [5.41, 5.74) is 0. The first-order valence-corrected chi connectivity index (χ1v) is 3.71. The molecule has 0 aromatic carbocycles. The monoisotopic (exact) mass is 145 g/mol. The topological polar surface area (TPSA) is 38.4 Å². The molecule has 1 aliphatic rings. The molecule has 0 aromatic heterocycles. The molecule has 1 aliphatic heterocycles. The fourth-order valence-electron chi connectivity index (χ4n) is 0.792. The molecule has 0 amide bonds. The predicted molar refractivity (Wildman–Crippen MR) is 35.3 cm³/mol. The highest BCUT2D eigenvalue weighted by atomic mass is 16.5. The first-order valence-electron chi connectivity index (χ1n) is 3.71. The molecular formula is C7H13O3. The van der Waals surface area contributed by atoms with Crippen molar-refractivity contribution in [3.05, 3.63) is 0 Å². The molecule has 0 saturated carbocycles. The second-order valence-corrected chi connectivity index (χ2v) is 2.41. The lowest BCUT2D eigenvalue weighted by molar-refractivity contribution is -0.0949. The van der Waals surface area contributed by atoms with Crippen molar-refractivity contribution < 1.29 is 14.6 Å². The van der Waals surface area contributed by atoms with Gasteiger partial charge in [-0.2, -0.15) is 0 Å². The average molecular weight is 145 g/mol. The molecule has 0 N–H and O–H groups in total. The molecule has 3 heteroatoms. The van der Waals surface area contributed by atoms with E-state index in [4.69, 9.17) is 9.47 Å². The van der Waals surface area contributed by atoms with Gasteiger partial charge < -0.3 is 9.47 Å². The average Bonchev–Trinajstić information content (AvgIpc) is 1.84. The molecule has 0 aliphatic carbocycles. The van der Waals surface area contributed by atoms with Gasteiger partial charge in [-0.05, 0) is 12.8 Å². The minimum Gasteiger partial charge on any atom is -0.379 e. The maximum atomic E-state index is 9.95. The van der Waals surface area contributed by atoms with E-state index in [2.05, 4.69) is 0 Å². The van der Waals surface area contributed by atoms with E-state index >= 15 is 0 Å². The summed E-state index contributed by atoms with van der Waals surface area (Å²) in [5.74, 6) is 0. The van der Waals surface area contributed by atoms with E-state index in [0.29, 0.717) is 25.7 Å². The van der Waals surface area contributed by atoms with Crippen LogP contribution in [-0.4, -0.2) is 32.5 Å². The standard InChI is InChI=1S/C7H13O3/c8-3-1-4-9-6-7-2-5-10-7/h7H,1-6H2. The van der Waals surface area contributed by atoms with E-state index in [1.165, 1.54) is 0 Å². The molecule has 1 unspecified atom stereocenters. The summed E-state index contributed by atoms with van der Waals surface area (Å²) in [6.07, 6.45) is 2.04. The lowest BCUT2D eigenvalue weighted by Gasteiger charge is -2.25. The van der Waals surface area contributed by atoms with Crippen molar-refractivity contribution in [2.75, 3.05) is 26.4 Å². The highest BCUT2D eigenvalue weighted by Crippen LogP contribution is 2.10. The smallest absolute Gasteiger partial charge is 0.0844 e. The largest absolute Gasteiger partial charge is 0.379 e. The molecule has 1 heterocycles. The van der Waals surface area contributed by atoms with Crippen LogP contribution in [0.3, 0.4) is 0 Å². The summed E-state index contributed by atoms with van der Waals surface area (Å²) < 4.78 is 10.3. The summed E-state index contributed by atoms with van der Waals surface area (Å²) >= 11 is 0. The Morgan fingerprint density at radius 2 is 2.40 bits per heavy atom. The second-order valence-electron chi connectivity index (χ2n) is 2.41. The van der Waals surface area contributed by atoms with Crippen molar-refractivity contribution in [1.82, 2.24) is 0 Å². The predicted octanol–water partition coefficient (Wildman–Crippen LogP) is 0.612. The maximum Gasteiger partial charge on any atom is 0.0844 e. The van der Waals surface area contributed by atoms with Gasteiger partial charge in [0.1, 0.15) is 0 Å². The van der Waals surface area contributed by atoms with Crippen molar-refractivity contribution in [2.24, 2.45) is 0 Å². The Labute approximate surface area is 60.9 Å². The third kappa shape index (κ3) is 2.64. The lowest BCUT2D eigenvalue weighted by atomic mass is 10.2. The molecule has 0 aromatic rings. The van der Waals surface area contributed by atoms with Crippen LogP contribution in [0.4, 0.5) is 0 Å². The van der Waals surface area contributed by atoms with Gasteiger partial charge in [0.15, 0.2) is 0 Å². The quantitative estimate of drug-likeness (QED) is 0.532. The lowest BCUT2D eigenvalue weighted by Crippen LogP contribution is -2.31. The number of ether oxygens (including phenoxy) is 2. The zero-order chi connectivity index (χ0) is 7.23. The number of rotatable bonds is 5. The SMILES string of the molecule is [O]CCCOCC1CCO1. The molecule has 0 bridgehead atoms. The molecule has 1 radical (unpaired) electrons. The number of hydrogen-bond acceptors (Lipinski definition) is 2. The third-order valence-electron chi connectivity index (χ3n) is 1.53. The van der Waals surface area contributed by atoms with Crippen molar-refractivity contribution in [2.45, 2.75) is 18.9 Å². The Kier molecular flexibility index (Phi) is 3.72. The molecule has 10 heavy (non-hydrogen) atoms. The van der Waals surface area contributed by atoms with Gasteiger partial charge in [0.25, 0.3) is 0 Å². The molecule has 1 rings (SSSR count). The second kappa shape index (κ2) is 4.66. The maximum absolute atomic E-state index is 9.95. The minimum atomic E-state index is -0.0362. The van der Waals surface area contributed by atoms with E-state index in [-0.39, 0.29) is 6.61 Å². The highest BCUT2D eigenvalue weighted by Gasteiger charge is 2.17. The van der Waals surface area contributed by atoms with E-state index in [9.17, 15) is 5.11 Å². The molecule has 3 nitrogen and oxygen atoms in total. The van der Waals surface area contributed by atoms with Gasteiger partial charge >= 0.3 is 0 Å². The van der Waals surface area contributed by atoms with Crippen LogP contribution in [0.1, 0.15) is 12.8 Å². The van der Waals surface area contributed by atoms with E-state index < -0.39 is 0 Å². The van der Waals surface area contributed by atoms with Gasteiger partial charge in [-0.15, -0.1) is 0 Å². The normalized spacial score (nSPS) is 24.3. The highest BCUT2D eigenvalue weighted by molar-refractivity contribution is 4.64. The van der Waals surface area contributed by atoms with Crippen LogP contribution in [0.25, 0.3) is 0 Å². The first kappa shape index (κ1) is 7.98. The summed E-state index contributed by atoms with van der Waals surface area (Å²) in [4.78, 5) is 0. The van der Waals surface area contributed by atoms with Gasteiger partial charge in [-0.1, -0.05) is 0 Å². The van der Waals surface area contributed by atoms with Crippen molar-refractivity contribution in [3.63, 3.8) is 0 Å². The summed E-state index contributed by atoms with van der Waals surface area (Å²) in [5, 5.41) is 9.95. The van der Waals surface area contributed by atoms with Crippen LogP contribution in [0.5, 0.6) is 0 Å². The van der Waals surface area contributed by atoms with Crippen molar-refractivity contribution >= 4 is 0 Å². The van der Waals surface area contributed by atoms with Crippen LogP contribution in [0.2, 0.25) is 0 Å². The Morgan fingerprint density at radius 1 is 1.60 bits per heavy atom. The Morgan fingerprint density at radius 3 is 2.90 bits per heavy atom. The van der Waals surface area contributed by atoms with Crippen LogP contribution in [0.15, 0.2) is 0 Å². The van der Waals surface area contributed by atoms with Crippen molar-refractivity contribution in [1.29, 1.82) is 0 Å². The first-order chi connectivity index (χ1) is 4.93. The van der Waals surface area contributed by atoms with Gasteiger partial charge in [-0.3, -0.25) is 0 Å². The molecule has 59 valence electrons. The summed E-state index contributed by atoms with van der Waals surface area (Å²) in [6, 6.07) is 0. The Bertz CT molecular complexity index is 80.9. The van der Waals surface area contributed by atoms with Gasteiger partial charge in [-0.25, -0.2) is 5.11 Å². The van der Waals surface area contributed by atoms with Gasteiger partial charge in [0, 0.05) is 13.2 Å². The van der Waals surface area contributed by atoms with E-state index in [1.807, 2.05) is 0 Å². The molecule has 1 fully saturated rings. The summed E-state index contributed by atoms with van der Waals surface area (Å²) in [7, 11) is 0. The minimum absolute atomic E-state index is 0.0362. The Hall–Kier alpha value is -0.120. The van der Waals surface area contributed by atoms with Crippen LogP contribution in [-0.2, 0) is 14.6 Å². The summed E-state index contributed by atoms with van der Waals surface area (Å²) in [6.45, 7) is 2.09. The van der Waals surface area contributed by atoms with Crippen molar-refractivity contribution in [3.8, 4) is 0 Å². The fraction of sp³-hybridized carbons (Fsp3) is 1.00.